The number of nitrogens with zero attached hydrogens (tertiary/aromatic N) is 1. The van der Waals surface area contributed by atoms with Crippen molar-refractivity contribution < 1.29 is 19.4 Å². The first-order valence-electron chi connectivity index (χ1n) is 6.74. The largest absolute Gasteiger partial charge is 0.445 e. The number of amides is 1. The third kappa shape index (κ3) is 3.95. The van der Waals surface area contributed by atoms with E-state index in [-0.39, 0.29) is 25.4 Å². The Kier molecular flexibility index (Phi) is 4.62. The van der Waals surface area contributed by atoms with Crippen molar-refractivity contribution in [1.82, 2.24) is 4.90 Å². The SMILES string of the molecule is CC1(C)CN(C(=O)OCc2ccccc2)C[C@H](CO)O1. The lowest BCUT2D eigenvalue weighted by atomic mass is 10.1. The summed E-state index contributed by atoms with van der Waals surface area (Å²) in [6.07, 6.45) is -0.730. The highest BCUT2D eigenvalue weighted by Gasteiger charge is 2.35. The molecule has 1 aliphatic heterocycles. The van der Waals surface area contributed by atoms with Gasteiger partial charge in [-0.2, -0.15) is 0 Å². The van der Waals surface area contributed by atoms with Gasteiger partial charge in [0.25, 0.3) is 0 Å². The van der Waals surface area contributed by atoms with Gasteiger partial charge in [0, 0.05) is 0 Å². The molecule has 1 aliphatic rings. The van der Waals surface area contributed by atoms with Crippen molar-refractivity contribution in [3.63, 3.8) is 0 Å². The van der Waals surface area contributed by atoms with Crippen LogP contribution in [0.2, 0.25) is 0 Å². The Hall–Kier alpha value is -1.59. The van der Waals surface area contributed by atoms with E-state index in [2.05, 4.69) is 0 Å². The fourth-order valence-electron chi connectivity index (χ4n) is 2.34. The number of rotatable bonds is 3. The number of hydrogen-bond acceptors (Lipinski definition) is 4. The summed E-state index contributed by atoms with van der Waals surface area (Å²) in [5.41, 5.74) is 0.476. The van der Waals surface area contributed by atoms with Gasteiger partial charge < -0.3 is 19.5 Å². The molecule has 5 heteroatoms. The van der Waals surface area contributed by atoms with Crippen LogP contribution in [-0.2, 0) is 16.1 Å². The van der Waals surface area contributed by atoms with E-state index in [1.807, 2.05) is 44.2 Å². The van der Waals surface area contributed by atoms with E-state index in [1.165, 1.54) is 0 Å². The summed E-state index contributed by atoms with van der Waals surface area (Å²) < 4.78 is 11.0. The lowest BCUT2D eigenvalue weighted by molar-refractivity contribution is -0.143. The summed E-state index contributed by atoms with van der Waals surface area (Å²) >= 11 is 0. The van der Waals surface area contributed by atoms with Gasteiger partial charge in [-0.1, -0.05) is 30.3 Å². The van der Waals surface area contributed by atoms with E-state index in [0.29, 0.717) is 13.1 Å². The summed E-state index contributed by atoms with van der Waals surface area (Å²) in [5.74, 6) is 0. The molecule has 110 valence electrons. The highest BCUT2D eigenvalue weighted by molar-refractivity contribution is 5.68. The van der Waals surface area contributed by atoms with Crippen LogP contribution in [-0.4, -0.2) is 47.5 Å². The van der Waals surface area contributed by atoms with Gasteiger partial charge in [0.15, 0.2) is 0 Å². The van der Waals surface area contributed by atoms with Crippen LogP contribution in [0, 0.1) is 0 Å². The summed E-state index contributed by atoms with van der Waals surface area (Å²) in [4.78, 5) is 13.7. The van der Waals surface area contributed by atoms with Crippen molar-refractivity contribution in [2.75, 3.05) is 19.7 Å². The van der Waals surface area contributed by atoms with E-state index < -0.39 is 5.60 Å². The molecule has 20 heavy (non-hydrogen) atoms. The normalized spacial score (nSPS) is 21.6. The summed E-state index contributed by atoms with van der Waals surface area (Å²) in [6.45, 7) is 4.75. The van der Waals surface area contributed by atoms with Crippen LogP contribution in [0.3, 0.4) is 0 Å². The van der Waals surface area contributed by atoms with Crippen molar-refractivity contribution in [3.05, 3.63) is 35.9 Å². The molecule has 1 N–H and O–H groups in total. The molecule has 0 unspecified atom stereocenters. The minimum atomic E-state index is -0.475. The number of aliphatic hydroxyl groups is 1. The molecule has 2 rings (SSSR count). The van der Waals surface area contributed by atoms with Crippen molar-refractivity contribution >= 4 is 6.09 Å². The van der Waals surface area contributed by atoms with Crippen LogP contribution in [0.5, 0.6) is 0 Å². The Morgan fingerprint density at radius 3 is 2.80 bits per heavy atom. The lowest BCUT2D eigenvalue weighted by Gasteiger charge is -2.41. The number of morpholine rings is 1. The molecular weight excluding hydrogens is 258 g/mol. The van der Waals surface area contributed by atoms with Gasteiger partial charge in [0.2, 0.25) is 0 Å². The Morgan fingerprint density at radius 1 is 1.45 bits per heavy atom. The zero-order chi connectivity index (χ0) is 14.6. The first-order valence-corrected chi connectivity index (χ1v) is 6.74. The quantitative estimate of drug-likeness (QED) is 0.916. The van der Waals surface area contributed by atoms with Crippen molar-refractivity contribution in [2.24, 2.45) is 0 Å². The monoisotopic (exact) mass is 279 g/mol. The van der Waals surface area contributed by atoms with Gasteiger partial charge in [0.1, 0.15) is 6.61 Å². The van der Waals surface area contributed by atoms with Gasteiger partial charge in [-0.15, -0.1) is 0 Å². The number of ether oxygens (including phenoxy) is 2. The third-order valence-electron chi connectivity index (χ3n) is 3.15. The summed E-state index contributed by atoms with van der Waals surface area (Å²) in [7, 11) is 0. The van der Waals surface area contributed by atoms with Crippen LogP contribution in [0.15, 0.2) is 30.3 Å². The Bertz CT molecular complexity index is 446. The topological polar surface area (TPSA) is 59.0 Å². The fraction of sp³-hybridized carbons (Fsp3) is 0.533. The Labute approximate surface area is 119 Å². The number of carbonyl (C=O) groups excluding carboxylic acids is 1. The summed E-state index contributed by atoms with van der Waals surface area (Å²) in [6, 6.07) is 9.55. The molecular formula is C15H21NO4. The van der Waals surface area contributed by atoms with Gasteiger partial charge in [-0.25, -0.2) is 4.79 Å². The van der Waals surface area contributed by atoms with Gasteiger partial charge in [0.05, 0.1) is 31.4 Å². The maximum atomic E-state index is 12.1. The molecule has 0 aliphatic carbocycles. The van der Waals surface area contributed by atoms with Crippen molar-refractivity contribution in [1.29, 1.82) is 0 Å². The number of aliphatic hydroxyl groups excluding tert-OH is 1. The maximum absolute atomic E-state index is 12.1. The highest BCUT2D eigenvalue weighted by Crippen LogP contribution is 2.21. The average Bonchev–Trinajstić information content (AvgIpc) is 2.44. The first-order chi connectivity index (χ1) is 9.50. The zero-order valence-electron chi connectivity index (χ0n) is 11.9. The molecule has 1 heterocycles. The molecule has 1 amide bonds. The van der Waals surface area contributed by atoms with Crippen LogP contribution in [0.1, 0.15) is 19.4 Å². The van der Waals surface area contributed by atoms with Crippen LogP contribution < -0.4 is 0 Å². The molecule has 5 nitrogen and oxygen atoms in total. The molecule has 0 bridgehead atoms. The molecule has 1 aromatic carbocycles. The van der Waals surface area contributed by atoms with Crippen LogP contribution >= 0.6 is 0 Å². The summed E-state index contributed by atoms with van der Waals surface area (Å²) in [5, 5.41) is 9.23. The molecule has 0 aromatic heterocycles. The van der Waals surface area contributed by atoms with E-state index in [4.69, 9.17) is 9.47 Å². The number of benzene rings is 1. The first kappa shape index (κ1) is 14.8. The molecule has 1 saturated heterocycles. The Morgan fingerprint density at radius 2 is 2.15 bits per heavy atom. The number of carbonyl (C=O) groups is 1. The fourth-order valence-corrected chi connectivity index (χ4v) is 2.34. The third-order valence-corrected chi connectivity index (χ3v) is 3.15. The predicted molar refractivity (Wildman–Crippen MR) is 74.2 cm³/mol. The van der Waals surface area contributed by atoms with Gasteiger partial charge >= 0.3 is 6.09 Å². The second kappa shape index (κ2) is 6.24. The van der Waals surface area contributed by atoms with E-state index in [1.54, 1.807) is 4.90 Å². The van der Waals surface area contributed by atoms with Crippen LogP contribution in [0.25, 0.3) is 0 Å². The smallest absolute Gasteiger partial charge is 0.410 e. The molecule has 1 aromatic rings. The average molecular weight is 279 g/mol. The minimum Gasteiger partial charge on any atom is -0.445 e. The molecule has 1 fully saturated rings. The van der Waals surface area contributed by atoms with Crippen molar-refractivity contribution in [3.8, 4) is 0 Å². The zero-order valence-corrected chi connectivity index (χ0v) is 11.9. The van der Waals surface area contributed by atoms with Gasteiger partial charge in [-0.3, -0.25) is 0 Å². The number of hydrogen-bond donors (Lipinski definition) is 1. The maximum Gasteiger partial charge on any atom is 0.410 e. The van der Waals surface area contributed by atoms with Crippen LogP contribution in [0.4, 0.5) is 4.79 Å². The second-order valence-corrected chi connectivity index (χ2v) is 5.60. The predicted octanol–water partition coefficient (Wildman–Crippen LogP) is 1.79. The molecule has 0 spiro atoms. The molecule has 0 radical (unpaired) electrons. The van der Waals surface area contributed by atoms with E-state index in [0.717, 1.165) is 5.56 Å². The molecule has 0 saturated carbocycles. The van der Waals surface area contributed by atoms with Crippen molar-refractivity contribution in [2.45, 2.75) is 32.2 Å². The van der Waals surface area contributed by atoms with E-state index in [9.17, 15) is 9.90 Å². The lowest BCUT2D eigenvalue weighted by Crippen LogP contribution is -2.55. The minimum absolute atomic E-state index is 0.105. The molecule has 1 atom stereocenters. The van der Waals surface area contributed by atoms with E-state index >= 15 is 0 Å². The van der Waals surface area contributed by atoms with Gasteiger partial charge in [-0.05, 0) is 19.4 Å². The Balaban J connectivity index is 1.91. The standard InChI is InChI=1S/C15H21NO4/c1-15(2)11-16(8-13(9-17)20-15)14(18)19-10-12-6-4-3-5-7-12/h3-7,13,17H,8-11H2,1-2H3/t13-/m1/s1. The second-order valence-electron chi connectivity index (χ2n) is 5.60. The highest BCUT2D eigenvalue weighted by atomic mass is 16.6.